The molecule has 1 unspecified atom stereocenters. The molecule has 0 aromatic carbocycles. The molecule has 112 valence electrons. The van der Waals surface area contributed by atoms with E-state index in [0.717, 1.165) is 37.6 Å². The van der Waals surface area contributed by atoms with Gasteiger partial charge in [-0.25, -0.2) is 15.0 Å². The highest BCUT2D eigenvalue weighted by atomic mass is 15.3. The van der Waals surface area contributed by atoms with Crippen molar-refractivity contribution in [2.24, 2.45) is 0 Å². The number of nitrogens with zero attached hydrogens (tertiary/aromatic N) is 6. The Morgan fingerprint density at radius 1 is 1.32 bits per heavy atom. The molecule has 0 saturated carbocycles. The molecule has 2 aromatic rings. The molecule has 3 rings (SSSR count). The van der Waals surface area contributed by atoms with Crippen LogP contribution in [0.15, 0.2) is 36.9 Å². The molecule has 2 aromatic heterocycles. The number of hydrogen-bond acceptors (Lipinski definition) is 6. The molecule has 1 saturated heterocycles. The third-order valence-corrected chi connectivity index (χ3v) is 4.08. The summed E-state index contributed by atoms with van der Waals surface area (Å²) in [6.07, 6.45) is 7.24. The van der Waals surface area contributed by atoms with Crippen LogP contribution >= 0.6 is 0 Å². The first-order valence-corrected chi connectivity index (χ1v) is 7.38. The average molecular weight is 294 g/mol. The maximum atomic E-state index is 9.26. The summed E-state index contributed by atoms with van der Waals surface area (Å²) in [5.74, 6) is 1.70. The molecular formula is C16H18N6. The van der Waals surface area contributed by atoms with Gasteiger partial charge in [0.05, 0.1) is 5.56 Å². The van der Waals surface area contributed by atoms with Gasteiger partial charge in [-0.15, -0.1) is 0 Å². The predicted molar refractivity (Wildman–Crippen MR) is 84.6 cm³/mol. The summed E-state index contributed by atoms with van der Waals surface area (Å²) in [7, 11) is 2.06. The Balaban J connectivity index is 1.79. The lowest BCUT2D eigenvalue weighted by Crippen LogP contribution is -2.47. The Hall–Kier alpha value is -2.68. The van der Waals surface area contributed by atoms with Crippen molar-refractivity contribution in [3.8, 4) is 6.07 Å². The Labute approximate surface area is 130 Å². The third kappa shape index (κ3) is 2.84. The maximum absolute atomic E-state index is 9.26. The first-order chi connectivity index (χ1) is 10.8. The molecule has 0 spiro atoms. The van der Waals surface area contributed by atoms with E-state index in [9.17, 15) is 5.26 Å². The predicted octanol–water partition coefficient (Wildman–Crippen LogP) is 1.85. The van der Waals surface area contributed by atoms with E-state index in [-0.39, 0.29) is 0 Å². The molecule has 0 bridgehead atoms. The van der Waals surface area contributed by atoms with Gasteiger partial charge in [-0.1, -0.05) is 0 Å². The number of hydrogen-bond donors (Lipinski definition) is 0. The lowest BCUT2D eigenvalue weighted by molar-refractivity contribution is 0.483. The summed E-state index contributed by atoms with van der Waals surface area (Å²) < 4.78 is 0. The van der Waals surface area contributed by atoms with Gasteiger partial charge in [0, 0.05) is 38.6 Å². The van der Waals surface area contributed by atoms with Gasteiger partial charge in [-0.3, -0.25) is 0 Å². The van der Waals surface area contributed by atoms with E-state index in [0.29, 0.717) is 11.6 Å². The lowest BCUT2D eigenvalue weighted by Gasteiger charge is -2.38. The Kier molecular flexibility index (Phi) is 4.15. The molecular weight excluding hydrogens is 276 g/mol. The number of pyridine rings is 1. The second-order valence-corrected chi connectivity index (χ2v) is 5.41. The second kappa shape index (κ2) is 6.39. The highest BCUT2D eigenvalue weighted by Crippen LogP contribution is 2.24. The first-order valence-electron chi connectivity index (χ1n) is 7.38. The maximum Gasteiger partial charge on any atom is 0.146 e. The van der Waals surface area contributed by atoms with Crippen molar-refractivity contribution < 1.29 is 0 Å². The topological polar surface area (TPSA) is 68.9 Å². The molecule has 22 heavy (non-hydrogen) atoms. The van der Waals surface area contributed by atoms with E-state index in [1.807, 2.05) is 12.1 Å². The summed E-state index contributed by atoms with van der Waals surface area (Å²) in [6, 6.07) is 8.11. The van der Waals surface area contributed by atoms with Gasteiger partial charge in [0.1, 0.15) is 24.0 Å². The van der Waals surface area contributed by atoms with Crippen molar-refractivity contribution in [1.82, 2.24) is 15.0 Å². The quantitative estimate of drug-likeness (QED) is 0.860. The van der Waals surface area contributed by atoms with Crippen LogP contribution in [0.3, 0.4) is 0 Å². The van der Waals surface area contributed by atoms with Gasteiger partial charge in [0.15, 0.2) is 0 Å². The van der Waals surface area contributed by atoms with Crippen molar-refractivity contribution in [2.75, 3.05) is 29.9 Å². The van der Waals surface area contributed by atoms with Gasteiger partial charge < -0.3 is 9.80 Å². The van der Waals surface area contributed by atoms with Crippen LogP contribution in [0.2, 0.25) is 0 Å². The SMILES string of the molecule is CN(c1ccncn1)C1CCCN(c2ncccc2C#N)C1. The molecule has 0 amide bonds. The summed E-state index contributed by atoms with van der Waals surface area (Å²) in [5, 5.41) is 9.26. The molecule has 1 fully saturated rings. The van der Waals surface area contributed by atoms with E-state index >= 15 is 0 Å². The highest BCUT2D eigenvalue weighted by molar-refractivity contribution is 5.54. The fourth-order valence-corrected chi connectivity index (χ4v) is 2.88. The van der Waals surface area contributed by atoms with Gasteiger partial charge in [0.2, 0.25) is 0 Å². The largest absolute Gasteiger partial charge is 0.355 e. The van der Waals surface area contributed by atoms with E-state index in [1.54, 1.807) is 24.8 Å². The van der Waals surface area contributed by atoms with Crippen LogP contribution in [0.4, 0.5) is 11.6 Å². The lowest BCUT2D eigenvalue weighted by atomic mass is 10.0. The number of nitriles is 1. The van der Waals surface area contributed by atoms with Crippen molar-refractivity contribution in [2.45, 2.75) is 18.9 Å². The molecule has 1 aliphatic rings. The number of anilines is 2. The van der Waals surface area contributed by atoms with Crippen LogP contribution in [0, 0.1) is 11.3 Å². The fraction of sp³-hybridized carbons (Fsp3) is 0.375. The Morgan fingerprint density at radius 2 is 2.23 bits per heavy atom. The Bertz CT molecular complexity index is 666. The van der Waals surface area contributed by atoms with Crippen LogP contribution < -0.4 is 9.80 Å². The van der Waals surface area contributed by atoms with Gasteiger partial charge in [-0.05, 0) is 31.0 Å². The second-order valence-electron chi connectivity index (χ2n) is 5.41. The van der Waals surface area contributed by atoms with E-state index in [2.05, 4.69) is 37.9 Å². The molecule has 0 radical (unpaired) electrons. The smallest absolute Gasteiger partial charge is 0.146 e. The summed E-state index contributed by atoms with van der Waals surface area (Å²) in [6.45, 7) is 1.77. The van der Waals surface area contributed by atoms with Crippen LogP contribution in [0.25, 0.3) is 0 Å². The van der Waals surface area contributed by atoms with Crippen LogP contribution in [0.5, 0.6) is 0 Å². The zero-order valence-corrected chi connectivity index (χ0v) is 12.6. The molecule has 0 N–H and O–H groups in total. The van der Waals surface area contributed by atoms with Gasteiger partial charge >= 0.3 is 0 Å². The van der Waals surface area contributed by atoms with Crippen LogP contribution in [-0.2, 0) is 0 Å². The summed E-state index contributed by atoms with van der Waals surface area (Å²) in [4.78, 5) is 17.1. The molecule has 6 nitrogen and oxygen atoms in total. The van der Waals surface area contributed by atoms with Crippen LogP contribution in [0.1, 0.15) is 18.4 Å². The normalized spacial score (nSPS) is 17.8. The van der Waals surface area contributed by atoms with E-state index in [4.69, 9.17) is 0 Å². The minimum Gasteiger partial charge on any atom is -0.355 e. The fourth-order valence-electron chi connectivity index (χ4n) is 2.88. The Morgan fingerprint density at radius 3 is 3.00 bits per heavy atom. The van der Waals surface area contributed by atoms with Gasteiger partial charge in [-0.2, -0.15) is 5.26 Å². The standard InChI is InChI=1S/C16H18N6/c1-21(15-6-8-18-12-20-15)14-5-3-9-22(11-14)16-13(10-17)4-2-7-19-16/h2,4,6-8,12,14H,3,5,9,11H2,1H3. The monoisotopic (exact) mass is 294 g/mol. The molecule has 1 atom stereocenters. The molecule has 6 heteroatoms. The van der Waals surface area contributed by atoms with Crippen LogP contribution in [-0.4, -0.2) is 41.1 Å². The molecule has 1 aliphatic heterocycles. The molecule has 0 aliphatic carbocycles. The van der Waals surface area contributed by atoms with Crippen molar-refractivity contribution >= 4 is 11.6 Å². The van der Waals surface area contributed by atoms with Gasteiger partial charge in [0.25, 0.3) is 0 Å². The zero-order valence-electron chi connectivity index (χ0n) is 12.6. The van der Waals surface area contributed by atoms with Crippen molar-refractivity contribution in [3.63, 3.8) is 0 Å². The minimum atomic E-state index is 0.345. The zero-order chi connectivity index (χ0) is 15.4. The highest BCUT2D eigenvalue weighted by Gasteiger charge is 2.26. The van der Waals surface area contributed by atoms with Crippen molar-refractivity contribution in [3.05, 3.63) is 42.5 Å². The average Bonchev–Trinajstić information content (AvgIpc) is 2.62. The summed E-state index contributed by atoms with van der Waals surface area (Å²) >= 11 is 0. The number of aromatic nitrogens is 3. The third-order valence-electron chi connectivity index (χ3n) is 4.08. The first kappa shape index (κ1) is 14.3. The molecule has 3 heterocycles. The van der Waals surface area contributed by atoms with Crippen molar-refractivity contribution in [1.29, 1.82) is 5.26 Å². The minimum absolute atomic E-state index is 0.345. The van der Waals surface area contributed by atoms with E-state index < -0.39 is 0 Å². The summed E-state index contributed by atoms with van der Waals surface area (Å²) in [5.41, 5.74) is 0.632. The number of rotatable bonds is 3. The number of piperidine rings is 1. The number of likely N-dealkylation sites (N-methyl/N-ethyl adjacent to an activating group) is 1. The van der Waals surface area contributed by atoms with E-state index in [1.165, 1.54) is 0 Å².